The molecule has 0 aliphatic rings. The van der Waals surface area contributed by atoms with Crippen LogP contribution >= 0.6 is 0 Å². The Bertz CT molecular complexity index is 470. The maximum absolute atomic E-state index is 12.3. The molecule has 7 nitrogen and oxygen atoms in total. The maximum atomic E-state index is 12.3. The van der Waals surface area contributed by atoms with Crippen LogP contribution in [0.1, 0.15) is 26.7 Å². The van der Waals surface area contributed by atoms with E-state index in [0.29, 0.717) is 0 Å². The van der Waals surface area contributed by atoms with Crippen LogP contribution in [-0.4, -0.2) is 49.0 Å². The zero-order valence-corrected chi connectivity index (χ0v) is 12.0. The van der Waals surface area contributed by atoms with Gasteiger partial charge < -0.3 is 14.0 Å². The zero-order valence-electron chi connectivity index (χ0n) is 11.2. The summed E-state index contributed by atoms with van der Waals surface area (Å²) in [5, 5.41) is -3.34. The van der Waals surface area contributed by atoms with Crippen molar-refractivity contribution in [3.63, 3.8) is 0 Å². The Balaban J connectivity index is 4.37. The van der Waals surface area contributed by atoms with Crippen molar-refractivity contribution >= 4 is 22.1 Å². The highest BCUT2D eigenvalue weighted by Gasteiger charge is 2.45. The van der Waals surface area contributed by atoms with Gasteiger partial charge in [-0.1, -0.05) is 0 Å². The number of halogens is 3. The fraction of sp³-hybridized carbons (Fsp3) is 0.800. The molecular formula is C10H14F3O7S-. The van der Waals surface area contributed by atoms with Crippen LogP contribution in [0.5, 0.6) is 0 Å². The zero-order chi connectivity index (χ0) is 16.8. The molecule has 0 bridgehead atoms. The molecule has 0 saturated heterocycles. The summed E-state index contributed by atoms with van der Waals surface area (Å²) >= 11 is 0. The van der Waals surface area contributed by atoms with Crippen LogP contribution in [-0.2, 0) is 29.2 Å². The van der Waals surface area contributed by atoms with Crippen LogP contribution in [0, 0.1) is 0 Å². The van der Waals surface area contributed by atoms with Gasteiger partial charge in [-0.2, -0.15) is 13.2 Å². The lowest BCUT2D eigenvalue weighted by Crippen LogP contribution is -2.41. The lowest BCUT2D eigenvalue weighted by molar-refractivity contribution is -0.160. The molecule has 0 N–H and O–H groups in total. The van der Waals surface area contributed by atoms with Crippen molar-refractivity contribution in [1.29, 1.82) is 0 Å². The average molecular weight is 335 g/mol. The van der Waals surface area contributed by atoms with Gasteiger partial charge in [-0.15, -0.1) is 0 Å². The van der Waals surface area contributed by atoms with E-state index in [4.69, 9.17) is 0 Å². The number of esters is 2. The SMILES string of the molecule is CC(C)OC(=O)CCC(=O)OCC(C(F)(F)F)S(=O)(=O)[O-]. The predicted molar refractivity (Wildman–Crippen MR) is 61.0 cm³/mol. The van der Waals surface area contributed by atoms with Crippen LogP contribution in [0.4, 0.5) is 13.2 Å². The summed E-state index contributed by atoms with van der Waals surface area (Å²) in [7, 11) is -5.71. The van der Waals surface area contributed by atoms with Gasteiger partial charge in [0.15, 0.2) is 5.25 Å². The van der Waals surface area contributed by atoms with Crippen molar-refractivity contribution in [3.8, 4) is 0 Å². The first-order valence-electron chi connectivity index (χ1n) is 5.70. The van der Waals surface area contributed by atoms with Crippen molar-refractivity contribution in [3.05, 3.63) is 0 Å². The van der Waals surface area contributed by atoms with Crippen LogP contribution in [0.2, 0.25) is 0 Å². The van der Waals surface area contributed by atoms with Gasteiger partial charge in [-0.25, -0.2) is 8.42 Å². The molecule has 0 aromatic heterocycles. The molecule has 0 amide bonds. The number of alkyl halides is 3. The van der Waals surface area contributed by atoms with E-state index in [0.717, 1.165) is 0 Å². The first-order valence-corrected chi connectivity index (χ1v) is 7.17. The second kappa shape index (κ2) is 7.59. The number of hydrogen-bond donors (Lipinski definition) is 0. The van der Waals surface area contributed by atoms with Gasteiger partial charge in [-0.3, -0.25) is 9.59 Å². The number of carbonyl (C=O) groups excluding carboxylic acids is 2. The molecule has 124 valence electrons. The topological polar surface area (TPSA) is 110 Å². The van der Waals surface area contributed by atoms with Gasteiger partial charge in [0.25, 0.3) is 0 Å². The van der Waals surface area contributed by atoms with E-state index < -0.39 is 59.0 Å². The highest BCUT2D eigenvalue weighted by Crippen LogP contribution is 2.25. The standard InChI is InChI=1S/C10H15F3O7S/c1-6(2)20-9(15)4-3-8(14)19-5-7(10(11,12)13)21(16,17)18/h6-7H,3-5H2,1-2H3,(H,16,17,18)/p-1. The minimum atomic E-state index is -5.71. The van der Waals surface area contributed by atoms with Crippen LogP contribution in [0.15, 0.2) is 0 Å². The summed E-state index contributed by atoms with van der Waals surface area (Å²) in [6.07, 6.45) is -6.79. The van der Waals surface area contributed by atoms with E-state index in [-0.39, 0.29) is 0 Å². The monoisotopic (exact) mass is 335 g/mol. The lowest BCUT2D eigenvalue weighted by Gasteiger charge is -2.22. The molecule has 11 heteroatoms. The van der Waals surface area contributed by atoms with E-state index in [1.807, 2.05) is 0 Å². The van der Waals surface area contributed by atoms with Crippen molar-refractivity contribution < 1.29 is 45.2 Å². The first kappa shape index (κ1) is 19.6. The highest BCUT2D eigenvalue weighted by molar-refractivity contribution is 7.86. The summed E-state index contributed by atoms with van der Waals surface area (Å²) in [5.74, 6) is -2.00. The van der Waals surface area contributed by atoms with E-state index >= 15 is 0 Å². The number of ether oxygens (including phenoxy) is 2. The van der Waals surface area contributed by atoms with Gasteiger partial charge in [0.05, 0.1) is 18.9 Å². The number of hydrogen-bond acceptors (Lipinski definition) is 7. The molecule has 0 rings (SSSR count). The summed E-state index contributed by atoms with van der Waals surface area (Å²) in [5.41, 5.74) is 0. The molecule has 0 spiro atoms. The van der Waals surface area contributed by atoms with E-state index in [9.17, 15) is 35.7 Å². The third-order valence-electron chi connectivity index (χ3n) is 2.01. The molecule has 0 heterocycles. The molecule has 0 fully saturated rings. The normalized spacial score (nSPS) is 13.9. The van der Waals surface area contributed by atoms with Gasteiger partial charge in [0.2, 0.25) is 0 Å². The van der Waals surface area contributed by atoms with Gasteiger partial charge in [-0.05, 0) is 13.8 Å². The van der Waals surface area contributed by atoms with Crippen molar-refractivity contribution in [2.45, 2.75) is 44.2 Å². The molecule has 0 aliphatic carbocycles. The van der Waals surface area contributed by atoms with Crippen LogP contribution < -0.4 is 0 Å². The quantitative estimate of drug-likeness (QED) is 0.498. The Kier molecular flexibility index (Phi) is 7.10. The molecule has 0 aliphatic heterocycles. The summed E-state index contributed by atoms with van der Waals surface area (Å²) in [6, 6.07) is 0. The Hall–Kier alpha value is -1.36. The molecule has 0 aromatic rings. The summed E-state index contributed by atoms with van der Waals surface area (Å²) < 4.78 is 76.9. The van der Waals surface area contributed by atoms with Crippen molar-refractivity contribution in [2.75, 3.05) is 6.61 Å². The van der Waals surface area contributed by atoms with Crippen molar-refractivity contribution in [1.82, 2.24) is 0 Å². The van der Waals surface area contributed by atoms with Crippen LogP contribution in [0.3, 0.4) is 0 Å². The maximum Gasteiger partial charge on any atom is 0.407 e. The molecule has 0 radical (unpaired) electrons. The third kappa shape index (κ3) is 8.50. The molecular weight excluding hydrogens is 321 g/mol. The van der Waals surface area contributed by atoms with Gasteiger partial charge in [0.1, 0.15) is 16.7 Å². The summed E-state index contributed by atoms with van der Waals surface area (Å²) in [6.45, 7) is 1.47. The fourth-order valence-corrected chi connectivity index (χ4v) is 1.67. The highest BCUT2D eigenvalue weighted by atomic mass is 32.2. The molecule has 1 atom stereocenters. The lowest BCUT2D eigenvalue weighted by atomic mass is 10.3. The minimum Gasteiger partial charge on any atom is -0.747 e. The Morgan fingerprint density at radius 1 is 1.14 bits per heavy atom. The van der Waals surface area contributed by atoms with Gasteiger partial charge in [0, 0.05) is 0 Å². The Morgan fingerprint density at radius 2 is 1.62 bits per heavy atom. The average Bonchev–Trinajstić information content (AvgIpc) is 2.21. The van der Waals surface area contributed by atoms with Crippen LogP contribution in [0.25, 0.3) is 0 Å². The second-order valence-corrected chi connectivity index (χ2v) is 5.80. The molecule has 1 unspecified atom stereocenters. The Labute approximate surface area is 119 Å². The minimum absolute atomic E-state index is 0.422. The first-order chi connectivity index (χ1) is 9.34. The number of rotatable bonds is 7. The predicted octanol–water partition coefficient (Wildman–Crippen LogP) is 0.737. The molecule has 21 heavy (non-hydrogen) atoms. The third-order valence-corrected chi connectivity index (χ3v) is 3.11. The van der Waals surface area contributed by atoms with Gasteiger partial charge >= 0.3 is 18.1 Å². The fourth-order valence-electron chi connectivity index (χ4n) is 1.11. The van der Waals surface area contributed by atoms with E-state index in [1.54, 1.807) is 13.8 Å². The second-order valence-electron chi connectivity index (χ2n) is 4.24. The Morgan fingerprint density at radius 3 is 2.00 bits per heavy atom. The largest absolute Gasteiger partial charge is 0.747 e. The van der Waals surface area contributed by atoms with E-state index in [1.165, 1.54) is 0 Å². The van der Waals surface area contributed by atoms with E-state index in [2.05, 4.69) is 9.47 Å². The molecule has 0 saturated carbocycles. The van der Waals surface area contributed by atoms with Crippen molar-refractivity contribution in [2.24, 2.45) is 0 Å². The number of carbonyl (C=O) groups is 2. The smallest absolute Gasteiger partial charge is 0.407 e. The molecule has 0 aromatic carbocycles. The summed E-state index contributed by atoms with van der Waals surface area (Å²) in [4.78, 5) is 22.2.